The first-order chi connectivity index (χ1) is 11.9. The molecule has 0 radical (unpaired) electrons. The van der Waals surface area contributed by atoms with Crippen molar-refractivity contribution in [3.63, 3.8) is 0 Å². The molecule has 7 heteroatoms. The topological polar surface area (TPSA) is 53.4 Å². The predicted octanol–water partition coefficient (Wildman–Crippen LogP) is 4.94. The standard InChI is InChI=1S/C18H13F3N2O2/c19-18(20,21)14-6-4-12(5-7-14)11-23(17(24)25)16-3-1-2-13-10-22-9-8-15(13)16/h1-10H,11H2,(H,24,25). The Morgan fingerprint density at radius 2 is 1.80 bits per heavy atom. The lowest BCUT2D eigenvalue weighted by atomic mass is 10.1. The van der Waals surface area contributed by atoms with Gasteiger partial charge in [-0.1, -0.05) is 24.3 Å². The van der Waals surface area contributed by atoms with Crippen LogP contribution in [-0.2, 0) is 12.7 Å². The molecule has 3 rings (SSSR count). The molecule has 0 unspecified atom stereocenters. The summed E-state index contributed by atoms with van der Waals surface area (Å²) in [6.45, 7) is -0.0606. The third-order valence-electron chi connectivity index (χ3n) is 3.80. The molecule has 0 saturated carbocycles. The largest absolute Gasteiger partial charge is 0.465 e. The van der Waals surface area contributed by atoms with E-state index in [9.17, 15) is 23.1 Å². The number of alkyl halides is 3. The van der Waals surface area contributed by atoms with E-state index in [1.165, 1.54) is 12.1 Å². The fourth-order valence-corrected chi connectivity index (χ4v) is 2.58. The van der Waals surface area contributed by atoms with Gasteiger partial charge in [-0.2, -0.15) is 13.2 Å². The van der Waals surface area contributed by atoms with Gasteiger partial charge in [0.05, 0.1) is 17.8 Å². The van der Waals surface area contributed by atoms with Crippen molar-refractivity contribution in [2.75, 3.05) is 4.90 Å². The maximum atomic E-state index is 12.6. The van der Waals surface area contributed by atoms with Crippen molar-refractivity contribution in [3.8, 4) is 0 Å². The van der Waals surface area contributed by atoms with Crippen molar-refractivity contribution >= 4 is 22.6 Å². The Kier molecular flexibility index (Phi) is 4.31. The summed E-state index contributed by atoms with van der Waals surface area (Å²) in [5.41, 5.74) is 0.142. The lowest BCUT2D eigenvalue weighted by Gasteiger charge is -2.21. The highest BCUT2D eigenvalue weighted by Gasteiger charge is 2.30. The molecule has 0 fully saturated rings. The van der Waals surface area contributed by atoms with Gasteiger partial charge >= 0.3 is 12.3 Å². The molecule has 0 spiro atoms. The van der Waals surface area contributed by atoms with Gasteiger partial charge in [-0.3, -0.25) is 9.88 Å². The molecule has 0 atom stereocenters. The van der Waals surface area contributed by atoms with Crippen molar-refractivity contribution in [1.82, 2.24) is 4.98 Å². The number of carboxylic acid groups (broad SMARTS) is 1. The minimum absolute atomic E-state index is 0.0606. The number of hydrogen-bond donors (Lipinski definition) is 1. The minimum Gasteiger partial charge on any atom is -0.465 e. The van der Waals surface area contributed by atoms with Crippen molar-refractivity contribution in [2.45, 2.75) is 12.7 Å². The van der Waals surface area contributed by atoms with Crippen LogP contribution in [0.15, 0.2) is 60.9 Å². The quantitative estimate of drug-likeness (QED) is 0.731. The lowest BCUT2D eigenvalue weighted by molar-refractivity contribution is -0.137. The number of halogens is 3. The summed E-state index contributed by atoms with van der Waals surface area (Å²) in [5.74, 6) is 0. The zero-order chi connectivity index (χ0) is 18.0. The van der Waals surface area contributed by atoms with E-state index in [1.807, 2.05) is 6.07 Å². The second-order valence-electron chi connectivity index (χ2n) is 5.44. The van der Waals surface area contributed by atoms with Crippen LogP contribution in [0.2, 0.25) is 0 Å². The third kappa shape index (κ3) is 3.55. The van der Waals surface area contributed by atoms with Crippen LogP contribution < -0.4 is 4.90 Å². The summed E-state index contributed by atoms with van der Waals surface area (Å²) in [4.78, 5) is 16.8. The first-order valence-corrected chi connectivity index (χ1v) is 7.35. The van der Waals surface area contributed by atoms with Crippen LogP contribution in [-0.4, -0.2) is 16.2 Å². The van der Waals surface area contributed by atoms with Gasteiger partial charge in [0.15, 0.2) is 0 Å². The molecule has 0 bridgehead atoms. The molecule has 1 amide bonds. The molecule has 0 aliphatic heterocycles. The SMILES string of the molecule is O=C(O)N(Cc1ccc(C(F)(F)F)cc1)c1cccc2cnccc12. The molecular weight excluding hydrogens is 333 g/mol. The number of pyridine rings is 1. The fourth-order valence-electron chi connectivity index (χ4n) is 2.58. The summed E-state index contributed by atoms with van der Waals surface area (Å²) in [7, 11) is 0. The first-order valence-electron chi connectivity index (χ1n) is 7.35. The Morgan fingerprint density at radius 1 is 1.08 bits per heavy atom. The first kappa shape index (κ1) is 16.8. The lowest BCUT2D eigenvalue weighted by Crippen LogP contribution is -2.28. The molecule has 2 aromatic carbocycles. The molecule has 25 heavy (non-hydrogen) atoms. The molecule has 0 aliphatic carbocycles. The number of benzene rings is 2. The third-order valence-corrected chi connectivity index (χ3v) is 3.80. The molecule has 128 valence electrons. The number of anilines is 1. The molecule has 0 aliphatic rings. The number of hydrogen-bond acceptors (Lipinski definition) is 2. The number of amides is 1. The van der Waals surface area contributed by atoms with Gasteiger partial charge in [-0.15, -0.1) is 0 Å². The highest BCUT2D eigenvalue weighted by Crippen LogP contribution is 2.30. The second kappa shape index (κ2) is 6.43. The smallest absolute Gasteiger partial charge is 0.416 e. The van der Waals surface area contributed by atoms with E-state index in [2.05, 4.69) is 4.98 Å². The van der Waals surface area contributed by atoms with Gasteiger partial charge in [0.25, 0.3) is 0 Å². The van der Waals surface area contributed by atoms with Crippen LogP contribution in [0.25, 0.3) is 10.8 Å². The average molecular weight is 346 g/mol. The van der Waals surface area contributed by atoms with Crippen LogP contribution in [0.5, 0.6) is 0 Å². The Balaban J connectivity index is 1.96. The highest BCUT2D eigenvalue weighted by atomic mass is 19.4. The fraction of sp³-hybridized carbons (Fsp3) is 0.111. The van der Waals surface area contributed by atoms with E-state index in [4.69, 9.17) is 0 Å². The Labute approximate surface area is 141 Å². The summed E-state index contributed by atoms with van der Waals surface area (Å²) >= 11 is 0. The molecule has 1 aromatic heterocycles. The summed E-state index contributed by atoms with van der Waals surface area (Å²) in [5, 5.41) is 11.0. The number of nitrogens with zero attached hydrogens (tertiary/aromatic N) is 2. The molecule has 0 saturated heterocycles. The van der Waals surface area contributed by atoms with Crippen LogP contribution in [0.3, 0.4) is 0 Å². The molecule has 4 nitrogen and oxygen atoms in total. The Morgan fingerprint density at radius 3 is 2.44 bits per heavy atom. The van der Waals surface area contributed by atoms with Gasteiger partial charge in [0.2, 0.25) is 0 Å². The van der Waals surface area contributed by atoms with Gasteiger partial charge < -0.3 is 5.11 Å². The highest BCUT2D eigenvalue weighted by molar-refractivity contribution is 6.00. The Hall–Kier alpha value is -3.09. The van der Waals surface area contributed by atoms with E-state index < -0.39 is 17.8 Å². The van der Waals surface area contributed by atoms with Gasteiger partial charge in [-0.25, -0.2) is 4.79 Å². The number of rotatable bonds is 3. The van der Waals surface area contributed by atoms with Crippen LogP contribution in [0, 0.1) is 0 Å². The minimum atomic E-state index is -4.42. The van der Waals surface area contributed by atoms with Crippen LogP contribution >= 0.6 is 0 Å². The van der Waals surface area contributed by atoms with E-state index >= 15 is 0 Å². The normalized spacial score (nSPS) is 11.5. The van der Waals surface area contributed by atoms with Crippen molar-refractivity contribution in [2.24, 2.45) is 0 Å². The zero-order valence-electron chi connectivity index (χ0n) is 12.9. The zero-order valence-corrected chi connectivity index (χ0v) is 12.9. The van der Waals surface area contributed by atoms with Crippen molar-refractivity contribution in [3.05, 3.63) is 72.1 Å². The van der Waals surface area contributed by atoms with E-state index in [0.29, 0.717) is 16.6 Å². The molecular formula is C18H13F3N2O2. The van der Waals surface area contributed by atoms with Crippen molar-refractivity contribution < 1.29 is 23.1 Å². The predicted molar refractivity (Wildman–Crippen MR) is 87.4 cm³/mol. The maximum Gasteiger partial charge on any atom is 0.416 e. The number of aromatic nitrogens is 1. The van der Waals surface area contributed by atoms with Gasteiger partial charge in [0.1, 0.15) is 0 Å². The monoisotopic (exact) mass is 346 g/mol. The van der Waals surface area contributed by atoms with E-state index in [1.54, 1.807) is 30.6 Å². The average Bonchev–Trinajstić information content (AvgIpc) is 2.59. The number of carbonyl (C=O) groups is 1. The second-order valence-corrected chi connectivity index (χ2v) is 5.44. The number of fused-ring (bicyclic) bond motifs is 1. The van der Waals surface area contributed by atoms with Crippen LogP contribution in [0.1, 0.15) is 11.1 Å². The van der Waals surface area contributed by atoms with Crippen molar-refractivity contribution in [1.29, 1.82) is 0 Å². The molecule has 1 N–H and O–H groups in total. The van der Waals surface area contributed by atoms with Crippen LogP contribution in [0.4, 0.5) is 23.7 Å². The summed E-state index contributed by atoms with van der Waals surface area (Å²) in [6, 6.07) is 11.3. The van der Waals surface area contributed by atoms with Gasteiger partial charge in [-0.05, 0) is 29.8 Å². The Bertz CT molecular complexity index is 903. The van der Waals surface area contributed by atoms with E-state index in [-0.39, 0.29) is 6.54 Å². The van der Waals surface area contributed by atoms with E-state index in [0.717, 1.165) is 22.4 Å². The van der Waals surface area contributed by atoms with Gasteiger partial charge in [0, 0.05) is 23.2 Å². The molecule has 1 heterocycles. The molecule has 3 aromatic rings. The summed E-state index contributed by atoms with van der Waals surface area (Å²) in [6.07, 6.45) is -2.43. The summed E-state index contributed by atoms with van der Waals surface area (Å²) < 4.78 is 37.9. The maximum absolute atomic E-state index is 12.6.